The first-order chi connectivity index (χ1) is 12.1. The number of aliphatic hydroxyl groups excluding tert-OH is 1. The number of fused-ring (bicyclic) bond motifs is 2. The highest BCUT2D eigenvalue weighted by molar-refractivity contribution is 6.31. The Kier molecular flexibility index (Phi) is 5.58. The second-order valence-corrected chi connectivity index (χ2v) is 6.45. The van der Waals surface area contributed by atoms with E-state index in [1.807, 2.05) is 36.4 Å². The molecule has 3 rings (SSSR count). The molecule has 0 aliphatic heterocycles. The van der Waals surface area contributed by atoms with Gasteiger partial charge in [0.25, 0.3) is 0 Å². The molecule has 132 valence electrons. The van der Waals surface area contributed by atoms with Gasteiger partial charge in [0, 0.05) is 35.4 Å². The smallest absolute Gasteiger partial charge is 0.119 e. The molecule has 0 aliphatic rings. The molecular weight excluding hydrogens is 338 g/mol. The minimum Gasteiger partial charge on any atom is -0.497 e. The third kappa shape index (κ3) is 4.12. The molecule has 3 N–H and O–H groups in total. The fourth-order valence-electron chi connectivity index (χ4n) is 2.80. The van der Waals surface area contributed by atoms with E-state index in [0.717, 1.165) is 46.3 Å². The Labute approximate surface area is 152 Å². The predicted molar refractivity (Wildman–Crippen MR) is 104 cm³/mol. The van der Waals surface area contributed by atoms with Crippen LogP contribution in [0.5, 0.6) is 5.75 Å². The van der Waals surface area contributed by atoms with E-state index in [4.69, 9.17) is 21.3 Å². The summed E-state index contributed by atoms with van der Waals surface area (Å²) < 4.78 is 5.36. The summed E-state index contributed by atoms with van der Waals surface area (Å²) in [6.07, 6.45) is -0.353. The number of hydrogen-bond acceptors (Lipinski definition) is 5. The Balaban J connectivity index is 1.98. The second-order valence-electron chi connectivity index (χ2n) is 6.01. The molecular formula is C19H22ClN3O2. The number of benzene rings is 2. The van der Waals surface area contributed by atoms with E-state index in [2.05, 4.69) is 10.6 Å². The van der Waals surface area contributed by atoms with Crippen molar-refractivity contribution in [3.8, 4) is 5.75 Å². The number of ether oxygens (including phenoxy) is 1. The molecule has 1 unspecified atom stereocenters. The Bertz CT molecular complexity index is 883. The fourth-order valence-corrected chi connectivity index (χ4v) is 2.97. The zero-order valence-corrected chi connectivity index (χ0v) is 15.1. The van der Waals surface area contributed by atoms with Gasteiger partial charge >= 0.3 is 0 Å². The van der Waals surface area contributed by atoms with Crippen LogP contribution in [0, 0.1) is 0 Å². The minimum atomic E-state index is -0.353. The van der Waals surface area contributed by atoms with Gasteiger partial charge < -0.3 is 20.5 Å². The van der Waals surface area contributed by atoms with Crippen LogP contribution in [-0.2, 0) is 0 Å². The molecule has 5 nitrogen and oxygen atoms in total. The zero-order valence-electron chi connectivity index (χ0n) is 14.3. The van der Waals surface area contributed by atoms with Crippen LogP contribution < -0.4 is 15.4 Å². The summed E-state index contributed by atoms with van der Waals surface area (Å²) in [5, 5.41) is 18.7. The van der Waals surface area contributed by atoms with Crippen LogP contribution >= 0.6 is 11.6 Å². The number of hydrogen-bond donors (Lipinski definition) is 3. The Hall–Kier alpha value is -2.08. The molecule has 25 heavy (non-hydrogen) atoms. The largest absolute Gasteiger partial charge is 0.497 e. The van der Waals surface area contributed by atoms with E-state index in [9.17, 15) is 5.11 Å². The normalized spacial score (nSPS) is 12.5. The Morgan fingerprint density at radius 1 is 1.12 bits per heavy atom. The van der Waals surface area contributed by atoms with Gasteiger partial charge in [0.05, 0.1) is 29.9 Å². The van der Waals surface area contributed by atoms with Gasteiger partial charge in [-0.3, -0.25) is 0 Å². The lowest BCUT2D eigenvalue weighted by atomic mass is 10.1. The van der Waals surface area contributed by atoms with Crippen molar-refractivity contribution in [1.29, 1.82) is 0 Å². The van der Waals surface area contributed by atoms with Gasteiger partial charge in [-0.25, -0.2) is 4.98 Å². The van der Waals surface area contributed by atoms with Crippen LogP contribution in [0.1, 0.15) is 6.92 Å². The molecule has 0 spiro atoms. The van der Waals surface area contributed by atoms with Crippen LogP contribution in [-0.4, -0.2) is 42.9 Å². The van der Waals surface area contributed by atoms with Gasteiger partial charge in [-0.2, -0.15) is 0 Å². The van der Waals surface area contributed by atoms with Crippen LogP contribution in [0.4, 0.5) is 5.69 Å². The maximum Gasteiger partial charge on any atom is 0.119 e. The number of aromatic nitrogens is 1. The average Bonchev–Trinajstić information content (AvgIpc) is 2.59. The number of methoxy groups -OCH3 is 1. The van der Waals surface area contributed by atoms with Crippen LogP contribution in [0.25, 0.3) is 21.8 Å². The molecule has 2 aromatic carbocycles. The van der Waals surface area contributed by atoms with Gasteiger partial charge in [0.15, 0.2) is 0 Å². The van der Waals surface area contributed by atoms with Crippen molar-refractivity contribution in [1.82, 2.24) is 10.3 Å². The van der Waals surface area contributed by atoms with Crippen molar-refractivity contribution in [3.05, 3.63) is 41.4 Å². The summed E-state index contributed by atoms with van der Waals surface area (Å²) in [4.78, 5) is 4.71. The number of halogens is 1. The molecule has 0 fully saturated rings. The topological polar surface area (TPSA) is 66.4 Å². The molecule has 1 heterocycles. The summed E-state index contributed by atoms with van der Waals surface area (Å²) in [7, 11) is 1.66. The summed E-state index contributed by atoms with van der Waals surface area (Å²) in [6, 6.07) is 11.6. The maximum atomic E-state index is 9.32. The first kappa shape index (κ1) is 17.7. The molecule has 0 saturated heterocycles. The summed E-state index contributed by atoms with van der Waals surface area (Å²) in [6.45, 7) is 3.80. The molecule has 0 saturated carbocycles. The second kappa shape index (κ2) is 7.87. The molecule has 1 atom stereocenters. The fraction of sp³-hybridized carbons (Fsp3) is 0.316. The van der Waals surface area contributed by atoms with E-state index in [1.54, 1.807) is 14.0 Å². The van der Waals surface area contributed by atoms with Gasteiger partial charge in [0.2, 0.25) is 0 Å². The molecule has 6 heteroatoms. The van der Waals surface area contributed by atoms with E-state index in [0.29, 0.717) is 11.6 Å². The predicted octanol–water partition coefficient (Wildman–Crippen LogP) is 3.43. The highest BCUT2D eigenvalue weighted by Crippen LogP contribution is 2.33. The highest BCUT2D eigenvalue weighted by atomic mass is 35.5. The first-order valence-corrected chi connectivity index (χ1v) is 8.66. The van der Waals surface area contributed by atoms with Gasteiger partial charge in [0.1, 0.15) is 5.75 Å². The van der Waals surface area contributed by atoms with Crippen molar-refractivity contribution >= 4 is 39.1 Å². The van der Waals surface area contributed by atoms with Crippen molar-refractivity contribution in [2.75, 3.05) is 32.1 Å². The standard InChI is InChI=1S/C19H22ClN3O2/c1-12(24)11-21-7-8-22-19-15-5-3-13(20)9-18(15)23-17-6-4-14(25-2)10-16(17)19/h3-6,9-10,12,21,24H,7-8,11H2,1-2H3,(H,22,23). The van der Waals surface area contributed by atoms with Gasteiger partial charge in [-0.1, -0.05) is 11.6 Å². The average molecular weight is 360 g/mol. The lowest BCUT2D eigenvalue weighted by Crippen LogP contribution is -2.29. The van der Waals surface area contributed by atoms with E-state index < -0.39 is 0 Å². The summed E-state index contributed by atoms with van der Waals surface area (Å²) in [5.74, 6) is 0.790. The van der Waals surface area contributed by atoms with Crippen molar-refractivity contribution in [2.24, 2.45) is 0 Å². The maximum absolute atomic E-state index is 9.32. The minimum absolute atomic E-state index is 0.353. The van der Waals surface area contributed by atoms with Gasteiger partial charge in [-0.05, 0) is 43.3 Å². The van der Waals surface area contributed by atoms with Crippen molar-refractivity contribution in [2.45, 2.75) is 13.0 Å². The SMILES string of the molecule is COc1ccc2nc3cc(Cl)ccc3c(NCCNCC(C)O)c2c1. The van der Waals surface area contributed by atoms with E-state index in [1.165, 1.54) is 0 Å². The monoisotopic (exact) mass is 359 g/mol. The van der Waals surface area contributed by atoms with Crippen LogP contribution in [0.2, 0.25) is 5.02 Å². The number of nitrogens with zero attached hydrogens (tertiary/aromatic N) is 1. The number of anilines is 1. The molecule has 0 radical (unpaired) electrons. The van der Waals surface area contributed by atoms with E-state index in [-0.39, 0.29) is 6.10 Å². The first-order valence-electron chi connectivity index (χ1n) is 8.28. The van der Waals surface area contributed by atoms with Gasteiger partial charge in [-0.15, -0.1) is 0 Å². The molecule has 0 amide bonds. The highest BCUT2D eigenvalue weighted by Gasteiger charge is 2.10. The van der Waals surface area contributed by atoms with Crippen LogP contribution in [0.15, 0.2) is 36.4 Å². The summed E-state index contributed by atoms with van der Waals surface area (Å²) >= 11 is 6.13. The molecule has 1 aromatic heterocycles. The third-order valence-corrected chi connectivity index (χ3v) is 4.22. The van der Waals surface area contributed by atoms with Crippen molar-refractivity contribution < 1.29 is 9.84 Å². The number of nitrogens with one attached hydrogen (secondary N) is 2. The lowest BCUT2D eigenvalue weighted by molar-refractivity contribution is 0.192. The lowest BCUT2D eigenvalue weighted by Gasteiger charge is -2.15. The molecule has 0 bridgehead atoms. The van der Waals surface area contributed by atoms with Crippen LogP contribution in [0.3, 0.4) is 0 Å². The number of aliphatic hydroxyl groups is 1. The Morgan fingerprint density at radius 3 is 2.72 bits per heavy atom. The summed E-state index contributed by atoms with van der Waals surface area (Å²) in [5.41, 5.74) is 2.74. The molecule has 3 aromatic rings. The van der Waals surface area contributed by atoms with Crippen molar-refractivity contribution in [3.63, 3.8) is 0 Å². The van der Waals surface area contributed by atoms with E-state index >= 15 is 0 Å². The zero-order chi connectivity index (χ0) is 17.8. The Morgan fingerprint density at radius 2 is 1.96 bits per heavy atom. The number of rotatable bonds is 7. The third-order valence-electron chi connectivity index (χ3n) is 3.99. The number of pyridine rings is 1. The molecule has 0 aliphatic carbocycles. The quantitative estimate of drug-likeness (QED) is 0.445.